The standard InChI is InChI=1S/C15H18F2N2S/c1-10(8-12-4-3-7-20-12)19(2)14-6-5-11(18)9-13(14)15(16)17/h3-7,9-10,15H,8,18H2,1-2H3. The van der Waals surface area contributed by atoms with E-state index >= 15 is 0 Å². The topological polar surface area (TPSA) is 29.3 Å². The fourth-order valence-corrected chi connectivity index (χ4v) is 2.99. The van der Waals surface area contributed by atoms with Gasteiger partial charge in [-0.3, -0.25) is 0 Å². The Labute approximate surface area is 121 Å². The molecular formula is C15H18F2N2S. The van der Waals surface area contributed by atoms with Crippen molar-refractivity contribution in [3.05, 3.63) is 46.2 Å². The second kappa shape index (κ2) is 6.22. The highest BCUT2D eigenvalue weighted by Crippen LogP contribution is 2.32. The van der Waals surface area contributed by atoms with Crippen LogP contribution in [0.5, 0.6) is 0 Å². The first-order valence-electron chi connectivity index (χ1n) is 6.42. The summed E-state index contributed by atoms with van der Waals surface area (Å²) in [5.41, 5.74) is 6.50. The zero-order valence-corrected chi connectivity index (χ0v) is 12.3. The van der Waals surface area contributed by atoms with Crippen molar-refractivity contribution in [2.24, 2.45) is 0 Å². The second-order valence-electron chi connectivity index (χ2n) is 4.86. The van der Waals surface area contributed by atoms with Crippen molar-refractivity contribution in [2.45, 2.75) is 25.8 Å². The van der Waals surface area contributed by atoms with E-state index in [1.807, 2.05) is 30.3 Å². The first-order chi connectivity index (χ1) is 9.49. The van der Waals surface area contributed by atoms with Crippen LogP contribution in [0.3, 0.4) is 0 Å². The van der Waals surface area contributed by atoms with Gasteiger partial charge in [0.2, 0.25) is 0 Å². The summed E-state index contributed by atoms with van der Waals surface area (Å²) in [6.45, 7) is 2.03. The lowest BCUT2D eigenvalue weighted by molar-refractivity contribution is 0.152. The lowest BCUT2D eigenvalue weighted by Gasteiger charge is -2.29. The summed E-state index contributed by atoms with van der Waals surface area (Å²) >= 11 is 1.68. The molecular weight excluding hydrogens is 278 g/mol. The Morgan fingerprint density at radius 3 is 2.65 bits per heavy atom. The summed E-state index contributed by atoms with van der Waals surface area (Å²) in [6, 6.07) is 8.88. The Morgan fingerprint density at radius 2 is 2.05 bits per heavy atom. The number of halogens is 2. The van der Waals surface area contributed by atoms with Crippen LogP contribution in [0.2, 0.25) is 0 Å². The third-order valence-electron chi connectivity index (χ3n) is 3.40. The van der Waals surface area contributed by atoms with Crippen LogP contribution in [-0.4, -0.2) is 13.1 Å². The summed E-state index contributed by atoms with van der Waals surface area (Å²) in [6.07, 6.45) is -1.69. The maximum atomic E-state index is 13.1. The van der Waals surface area contributed by atoms with Crippen molar-refractivity contribution in [1.29, 1.82) is 0 Å². The van der Waals surface area contributed by atoms with Crippen molar-refractivity contribution in [1.82, 2.24) is 0 Å². The molecule has 0 spiro atoms. The maximum Gasteiger partial charge on any atom is 0.265 e. The minimum atomic E-state index is -2.52. The molecule has 5 heteroatoms. The largest absolute Gasteiger partial charge is 0.399 e. The van der Waals surface area contributed by atoms with E-state index in [0.29, 0.717) is 11.4 Å². The minimum absolute atomic E-state index is 0.00877. The van der Waals surface area contributed by atoms with Crippen molar-refractivity contribution in [3.63, 3.8) is 0 Å². The Kier molecular flexibility index (Phi) is 4.60. The number of hydrogen-bond donors (Lipinski definition) is 1. The Hall–Kier alpha value is -1.62. The molecule has 2 nitrogen and oxygen atoms in total. The van der Waals surface area contributed by atoms with E-state index in [-0.39, 0.29) is 11.6 Å². The van der Waals surface area contributed by atoms with E-state index in [1.54, 1.807) is 23.5 Å². The Balaban J connectivity index is 2.21. The molecule has 0 aliphatic heterocycles. The first kappa shape index (κ1) is 14.8. The summed E-state index contributed by atoms with van der Waals surface area (Å²) in [7, 11) is 1.84. The molecule has 0 radical (unpaired) electrons. The van der Waals surface area contributed by atoms with Gasteiger partial charge in [-0.15, -0.1) is 11.3 Å². The molecule has 0 aliphatic rings. The molecule has 20 heavy (non-hydrogen) atoms. The number of nitrogens with two attached hydrogens (primary N) is 1. The third kappa shape index (κ3) is 3.28. The molecule has 0 aliphatic carbocycles. The van der Waals surface area contributed by atoms with E-state index in [0.717, 1.165) is 6.42 Å². The first-order valence-corrected chi connectivity index (χ1v) is 7.29. The Morgan fingerprint density at radius 1 is 1.30 bits per heavy atom. The summed E-state index contributed by atoms with van der Waals surface area (Å²) in [4.78, 5) is 3.14. The normalized spacial score (nSPS) is 12.7. The monoisotopic (exact) mass is 296 g/mol. The van der Waals surface area contributed by atoms with E-state index in [9.17, 15) is 8.78 Å². The van der Waals surface area contributed by atoms with Crippen molar-refractivity contribution in [2.75, 3.05) is 17.7 Å². The molecule has 2 rings (SSSR count). The molecule has 1 unspecified atom stereocenters. The summed E-state index contributed by atoms with van der Waals surface area (Å²) in [5, 5.41) is 2.02. The highest BCUT2D eigenvalue weighted by Gasteiger charge is 2.19. The van der Waals surface area contributed by atoms with Crippen LogP contribution in [0, 0.1) is 0 Å². The van der Waals surface area contributed by atoms with Gasteiger partial charge < -0.3 is 10.6 Å². The van der Waals surface area contributed by atoms with Gasteiger partial charge in [0, 0.05) is 41.3 Å². The van der Waals surface area contributed by atoms with Crippen LogP contribution < -0.4 is 10.6 Å². The number of hydrogen-bond acceptors (Lipinski definition) is 3. The van der Waals surface area contributed by atoms with Gasteiger partial charge in [0.25, 0.3) is 6.43 Å². The van der Waals surface area contributed by atoms with Crippen LogP contribution in [0.25, 0.3) is 0 Å². The average molecular weight is 296 g/mol. The fraction of sp³-hybridized carbons (Fsp3) is 0.333. The number of thiophene rings is 1. The molecule has 1 aromatic carbocycles. The number of anilines is 2. The highest BCUT2D eigenvalue weighted by atomic mass is 32.1. The van der Waals surface area contributed by atoms with E-state index in [1.165, 1.54) is 10.9 Å². The number of benzene rings is 1. The van der Waals surface area contributed by atoms with E-state index in [2.05, 4.69) is 6.07 Å². The summed E-state index contributed by atoms with van der Waals surface area (Å²) < 4.78 is 26.3. The predicted octanol–water partition coefficient (Wildman–Crippen LogP) is 4.34. The number of rotatable bonds is 5. The molecule has 108 valence electrons. The molecule has 1 atom stereocenters. The van der Waals surface area contributed by atoms with Crippen LogP contribution in [0.4, 0.5) is 20.2 Å². The third-order valence-corrected chi connectivity index (χ3v) is 4.30. The van der Waals surface area contributed by atoms with Gasteiger partial charge in [0.1, 0.15) is 0 Å². The number of alkyl halides is 2. The molecule has 0 saturated heterocycles. The van der Waals surface area contributed by atoms with E-state index in [4.69, 9.17) is 5.73 Å². The molecule has 1 aromatic heterocycles. The Bertz CT molecular complexity index is 555. The van der Waals surface area contributed by atoms with Gasteiger partial charge in [-0.05, 0) is 36.6 Å². The quantitative estimate of drug-likeness (QED) is 0.832. The SMILES string of the molecule is CC(Cc1cccs1)N(C)c1ccc(N)cc1C(F)F. The van der Waals surface area contributed by atoms with Gasteiger partial charge in [-0.2, -0.15) is 0 Å². The van der Waals surface area contributed by atoms with Crippen LogP contribution >= 0.6 is 11.3 Å². The molecule has 0 bridgehead atoms. The molecule has 2 aromatic rings. The lowest BCUT2D eigenvalue weighted by Crippen LogP contribution is -2.31. The molecule has 0 fully saturated rings. The highest BCUT2D eigenvalue weighted by molar-refractivity contribution is 7.09. The number of nitrogens with zero attached hydrogens (tertiary/aromatic N) is 1. The average Bonchev–Trinajstić information content (AvgIpc) is 2.90. The smallest absolute Gasteiger partial charge is 0.265 e. The number of likely N-dealkylation sites (N-methyl/N-ethyl adjacent to an activating group) is 1. The maximum absolute atomic E-state index is 13.1. The van der Waals surface area contributed by atoms with Gasteiger partial charge in [0.15, 0.2) is 0 Å². The lowest BCUT2D eigenvalue weighted by atomic mass is 10.1. The predicted molar refractivity (Wildman–Crippen MR) is 81.7 cm³/mol. The van der Waals surface area contributed by atoms with Gasteiger partial charge in [-0.25, -0.2) is 8.78 Å². The molecule has 2 N–H and O–H groups in total. The zero-order valence-electron chi connectivity index (χ0n) is 11.5. The zero-order chi connectivity index (χ0) is 14.7. The van der Waals surface area contributed by atoms with Crippen LogP contribution in [0.15, 0.2) is 35.7 Å². The fourth-order valence-electron chi connectivity index (χ4n) is 2.16. The second-order valence-corrected chi connectivity index (χ2v) is 5.89. The summed E-state index contributed by atoms with van der Waals surface area (Å²) in [5.74, 6) is 0. The van der Waals surface area contributed by atoms with Crippen molar-refractivity contribution >= 4 is 22.7 Å². The minimum Gasteiger partial charge on any atom is -0.399 e. The van der Waals surface area contributed by atoms with Crippen molar-refractivity contribution in [3.8, 4) is 0 Å². The van der Waals surface area contributed by atoms with Gasteiger partial charge in [0.05, 0.1) is 0 Å². The molecule has 0 amide bonds. The number of nitrogen functional groups attached to an aromatic ring is 1. The van der Waals surface area contributed by atoms with Gasteiger partial charge >= 0.3 is 0 Å². The van der Waals surface area contributed by atoms with Crippen LogP contribution in [0.1, 0.15) is 23.8 Å². The molecule has 1 heterocycles. The van der Waals surface area contributed by atoms with Crippen molar-refractivity contribution < 1.29 is 8.78 Å². The molecule has 0 saturated carbocycles. The van der Waals surface area contributed by atoms with Crippen LogP contribution in [-0.2, 0) is 6.42 Å². The van der Waals surface area contributed by atoms with Gasteiger partial charge in [-0.1, -0.05) is 6.07 Å². The van der Waals surface area contributed by atoms with E-state index < -0.39 is 6.43 Å².